The highest BCUT2D eigenvalue weighted by Gasteiger charge is 2.17. The number of carboxylic acids is 1. The lowest BCUT2D eigenvalue weighted by atomic mass is 10.1. The third-order valence-electron chi connectivity index (χ3n) is 1.89. The predicted octanol–water partition coefficient (Wildman–Crippen LogP) is 0.321. The van der Waals surface area contributed by atoms with Gasteiger partial charge in [0.2, 0.25) is 5.91 Å². The topological polar surface area (TPSA) is 124 Å². The van der Waals surface area contributed by atoms with Crippen molar-refractivity contribution in [2.45, 2.75) is 6.42 Å². The molecule has 0 aliphatic carbocycles. The molecule has 1 rings (SSSR count). The number of carbonyl (C=O) groups excluding carboxylic acids is 1. The number of aromatic carboxylic acids is 1. The van der Waals surface area contributed by atoms with E-state index in [2.05, 4.69) is 0 Å². The maximum atomic E-state index is 10.7. The second kappa shape index (κ2) is 4.39. The number of rotatable bonds is 4. The van der Waals surface area contributed by atoms with Gasteiger partial charge in [-0.2, -0.15) is 0 Å². The predicted molar refractivity (Wildman–Crippen MR) is 53.0 cm³/mol. The summed E-state index contributed by atoms with van der Waals surface area (Å²) in [5, 5.41) is 19.3. The van der Waals surface area contributed by atoms with E-state index in [1.807, 2.05) is 0 Å². The molecule has 0 heterocycles. The van der Waals surface area contributed by atoms with Crippen molar-refractivity contribution >= 4 is 17.6 Å². The average Bonchev–Trinajstić information content (AvgIpc) is 2.15. The molecule has 0 fully saturated rings. The smallest absolute Gasteiger partial charge is 0.335 e. The van der Waals surface area contributed by atoms with Gasteiger partial charge in [-0.05, 0) is 12.1 Å². The molecule has 0 saturated heterocycles. The molecule has 84 valence electrons. The molecular weight excluding hydrogens is 216 g/mol. The van der Waals surface area contributed by atoms with E-state index in [0.29, 0.717) is 0 Å². The zero-order valence-corrected chi connectivity index (χ0v) is 8.04. The molecule has 0 bridgehead atoms. The van der Waals surface area contributed by atoms with Crippen LogP contribution in [0.15, 0.2) is 18.2 Å². The third-order valence-corrected chi connectivity index (χ3v) is 1.89. The average molecular weight is 224 g/mol. The van der Waals surface area contributed by atoms with Crippen LogP contribution < -0.4 is 5.73 Å². The van der Waals surface area contributed by atoms with Crippen molar-refractivity contribution in [3.05, 3.63) is 39.4 Å². The summed E-state index contributed by atoms with van der Waals surface area (Å²) in [6, 6.07) is 3.22. The summed E-state index contributed by atoms with van der Waals surface area (Å²) >= 11 is 0. The number of nitrogens with two attached hydrogens (primary N) is 1. The van der Waals surface area contributed by atoms with Crippen molar-refractivity contribution < 1.29 is 19.6 Å². The molecule has 7 heteroatoms. The van der Waals surface area contributed by atoms with Crippen LogP contribution in [-0.4, -0.2) is 21.9 Å². The zero-order valence-electron chi connectivity index (χ0n) is 8.04. The highest BCUT2D eigenvalue weighted by atomic mass is 16.6. The summed E-state index contributed by atoms with van der Waals surface area (Å²) in [4.78, 5) is 31.2. The Morgan fingerprint density at radius 3 is 2.50 bits per heavy atom. The van der Waals surface area contributed by atoms with Crippen LogP contribution in [0.3, 0.4) is 0 Å². The van der Waals surface area contributed by atoms with Gasteiger partial charge in [0.1, 0.15) is 0 Å². The number of nitrogens with zero attached hydrogens (tertiary/aromatic N) is 1. The lowest BCUT2D eigenvalue weighted by Gasteiger charge is -2.01. The largest absolute Gasteiger partial charge is 0.478 e. The number of nitro groups is 1. The molecule has 7 nitrogen and oxygen atoms in total. The van der Waals surface area contributed by atoms with Crippen LogP contribution in [0.2, 0.25) is 0 Å². The van der Waals surface area contributed by atoms with E-state index in [9.17, 15) is 19.7 Å². The standard InChI is InChI=1S/C9H8N2O5/c10-8(12)4-6-3-5(9(13)14)1-2-7(6)11(15)16/h1-3H,4H2,(H2,10,12)(H,13,14). The van der Waals surface area contributed by atoms with E-state index in [4.69, 9.17) is 10.8 Å². The third kappa shape index (κ3) is 2.53. The number of nitro benzene ring substituents is 1. The van der Waals surface area contributed by atoms with E-state index >= 15 is 0 Å². The molecule has 0 spiro atoms. The van der Waals surface area contributed by atoms with Crippen LogP contribution in [0.1, 0.15) is 15.9 Å². The highest BCUT2D eigenvalue weighted by molar-refractivity contribution is 5.89. The number of carbonyl (C=O) groups is 2. The van der Waals surface area contributed by atoms with Crippen molar-refractivity contribution in [3.63, 3.8) is 0 Å². The van der Waals surface area contributed by atoms with Gasteiger partial charge in [-0.15, -0.1) is 0 Å². The summed E-state index contributed by atoms with van der Waals surface area (Å²) < 4.78 is 0. The lowest BCUT2D eigenvalue weighted by molar-refractivity contribution is -0.385. The molecule has 1 aromatic carbocycles. The van der Waals surface area contributed by atoms with Crippen molar-refractivity contribution in [1.82, 2.24) is 0 Å². The summed E-state index contributed by atoms with van der Waals surface area (Å²) in [6.45, 7) is 0. The summed E-state index contributed by atoms with van der Waals surface area (Å²) in [5.74, 6) is -1.98. The van der Waals surface area contributed by atoms with E-state index in [1.54, 1.807) is 0 Å². The minimum Gasteiger partial charge on any atom is -0.478 e. The van der Waals surface area contributed by atoms with Crippen LogP contribution in [0.5, 0.6) is 0 Å². The lowest BCUT2D eigenvalue weighted by Crippen LogP contribution is -2.15. The Balaban J connectivity index is 3.26. The Morgan fingerprint density at radius 2 is 2.06 bits per heavy atom. The number of primary amides is 1. The van der Waals surface area contributed by atoms with Crippen LogP contribution >= 0.6 is 0 Å². The van der Waals surface area contributed by atoms with Gasteiger partial charge in [-0.1, -0.05) is 0 Å². The van der Waals surface area contributed by atoms with Gasteiger partial charge in [0, 0.05) is 11.6 Å². The van der Waals surface area contributed by atoms with Gasteiger partial charge in [0.15, 0.2) is 0 Å². The second-order valence-corrected chi connectivity index (χ2v) is 3.05. The molecule has 0 aliphatic heterocycles. The monoisotopic (exact) mass is 224 g/mol. The number of benzene rings is 1. The Hall–Kier alpha value is -2.44. The Morgan fingerprint density at radius 1 is 1.44 bits per heavy atom. The SMILES string of the molecule is NC(=O)Cc1cc(C(=O)O)ccc1[N+](=O)[O-]. The van der Waals surface area contributed by atoms with Gasteiger partial charge in [-0.25, -0.2) is 4.79 Å². The van der Waals surface area contributed by atoms with Crippen LogP contribution in [0, 0.1) is 10.1 Å². The maximum absolute atomic E-state index is 10.7. The van der Waals surface area contributed by atoms with E-state index in [0.717, 1.165) is 18.2 Å². The Bertz CT molecular complexity index is 469. The fourth-order valence-electron chi connectivity index (χ4n) is 1.23. The molecule has 1 aromatic rings. The number of amides is 1. The number of carboxylic acid groups (broad SMARTS) is 1. The van der Waals surface area contributed by atoms with Gasteiger partial charge in [0.25, 0.3) is 5.69 Å². The van der Waals surface area contributed by atoms with Crippen LogP contribution in [0.25, 0.3) is 0 Å². The molecule has 0 unspecified atom stereocenters. The zero-order chi connectivity index (χ0) is 12.3. The fraction of sp³-hybridized carbons (Fsp3) is 0.111. The van der Waals surface area contributed by atoms with E-state index in [-0.39, 0.29) is 23.2 Å². The first-order valence-corrected chi connectivity index (χ1v) is 4.20. The van der Waals surface area contributed by atoms with Gasteiger partial charge in [0.05, 0.1) is 16.9 Å². The molecule has 0 radical (unpaired) electrons. The first kappa shape index (κ1) is 11.6. The van der Waals surface area contributed by atoms with E-state index in [1.165, 1.54) is 0 Å². The van der Waals surface area contributed by atoms with Crippen molar-refractivity contribution in [3.8, 4) is 0 Å². The molecule has 16 heavy (non-hydrogen) atoms. The Labute approximate surface area is 89.6 Å². The quantitative estimate of drug-likeness (QED) is 0.563. The first-order valence-electron chi connectivity index (χ1n) is 4.20. The fourth-order valence-corrected chi connectivity index (χ4v) is 1.23. The summed E-state index contributed by atoms with van der Waals surface area (Å²) in [6.07, 6.45) is -0.364. The number of hydrogen-bond acceptors (Lipinski definition) is 4. The molecule has 0 aromatic heterocycles. The summed E-state index contributed by atoms with van der Waals surface area (Å²) in [7, 11) is 0. The van der Waals surface area contributed by atoms with Gasteiger partial charge >= 0.3 is 5.97 Å². The van der Waals surface area contributed by atoms with Crippen molar-refractivity contribution in [2.75, 3.05) is 0 Å². The molecule has 0 saturated carbocycles. The van der Waals surface area contributed by atoms with Crippen molar-refractivity contribution in [1.29, 1.82) is 0 Å². The minimum absolute atomic E-state index is 0.00241. The van der Waals surface area contributed by atoms with Crippen LogP contribution in [-0.2, 0) is 11.2 Å². The maximum Gasteiger partial charge on any atom is 0.335 e. The molecular formula is C9H8N2O5. The molecule has 1 amide bonds. The summed E-state index contributed by atoms with van der Waals surface area (Å²) in [5.41, 5.74) is 4.47. The van der Waals surface area contributed by atoms with Crippen molar-refractivity contribution in [2.24, 2.45) is 5.73 Å². The van der Waals surface area contributed by atoms with E-state index < -0.39 is 16.8 Å². The molecule has 3 N–H and O–H groups in total. The Kier molecular flexibility index (Phi) is 3.19. The van der Waals surface area contributed by atoms with Gasteiger partial charge < -0.3 is 10.8 Å². The second-order valence-electron chi connectivity index (χ2n) is 3.05. The minimum atomic E-state index is -1.22. The normalized spacial score (nSPS) is 9.75. The first-order chi connectivity index (χ1) is 7.41. The van der Waals surface area contributed by atoms with Crippen LogP contribution in [0.4, 0.5) is 5.69 Å². The highest BCUT2D eigenvalue weighted by Crippen LogP contribution is 2.20. The van der Waals surface area contributed by atoms with Gasteiger partial charge in [-0.3, -0.25) is 14.9 Å². The molecule has 0 aliphatic rings. The number of hydrogen-bond donors (Lipinski definition) is 2. The molecule has 0 atom stereocenters.